The molecule has 0 aromatic carbocycles. The average molecular weight is 186 g/mol. The van der Waals surface area contributed by atoms with Crippen molar-refractivity contribution < 1.29 is 9.53 Å². The van der Waals surface area contributed by atoms with Gasteiger partial charge in [-0.1, -0.05) is 20.8 Å². The van der Waals surface area contributed by atoms with E-state index in [1.165, 1.54) is 0 Å². The third kappa shape index (κ3) is 5.04. The van der Waals surface area contributed by atoms with E-state index in [2.05, 4.69) is 13.8 Å². The summed E-state index contributed by atoms with van der Waals surface area (Å²) in [4.78, 5) is 11.4. The molecule has 0 bridgehead atoms. The summed E-state index contributed by atoms with van der Waals surface area (Å²) in [6.45, 7) is 10.5. The largest absolute Gasteiger partial charge is 0.368 e. The normalized spacial score (nSPS) is 12.2. The summed E-state index contributed by atoms with van der Waals surface area (Å²) in [5.74, 6) is 0.809. The van der Waals surface area contributed by atoms with Crippen LogP contribution in [0.25, 0.3) is 0 Å². The van der Waals surface area contributed by atoms with Gasteiger partial charge in [-0.3, -0.25) is 4.79 Å². The molecule has 0 saturated carbocycles. The summed E-state index contributed by atoms with van der Waals surface area (Å²) in [5.41, 5.74) is -0.594. The third-order valence-electron chi connectivity index (χ3n) is 2.15. The molecule has 78 valence electrons. The van der Waals surface area contributed by atoms with Crippen molar-refractivity contribution in [3.05, 3.63) is 0 Å². The van der Waals surface area contributed by atoms with Gasteiger partial charge in [0.1, 0.15) is 5.60 Å². The Morgan fingerprint density at radius 1 is 1.38 bits per heavy atom. The van der Waals surface area contributed by atoms with Crippen molar-refractivity contribution in [2.24, 2.45) is 5.92 Å². The first-order chi connectivity index (χ1) is 5.90. The highest BCUT2D eigenvalue weighted by atomic mass is 16.5. The maximum atomic E-state index is 11.4. The van der Waals surface area contributed by atoms with Gasteiger partial charge in [-0.15, -0.1) is 0 Å². The van der Waals surface area contributed by atoms with Crippen LogP contribution in [-0.4, -0.2) is 18.0 Å². The molecule has 0 radical (unpaired) electrons. The minimum Gasteiger partial charge on any atom is -0.368 e. The van der Waals surface area contributed by atoms with Crippen molar-refractivity contribution in [1.82, 2.24) is 0 Å². The zero-order valence-electron chi connectivity index (χ0n) is 9.52. The fourth-order valence-electron chi connectivity index (χ4n) is 1.06. The first-order valence-electron chi connectivity index (χ1n) is 5.07. The van der Waals surface area contributed by atoms with Crippen LogP contribution in [0.2, 0.25) is 0 Å². The van der Waals surface area contributed by atoms with Crippen molar-refractivity contribution in [2.75, 3.05) is 6.61 Å². The lowest BCUT2D eigenvalue weighted by Crippen LogP contribution is -2.35. The van der Waals surface area contributed by atoms with Gasteiger partial charge in [-0.25, -0.2) is 0 Å². The summed E-state index contributed by atoms with van der Waals surface area (Å²) < 4.78 is 5.54. The Bertz CT molecular complexity index is 159. The smallest absolute Gasteiger partial charge is 0.163 e. The molecule has 0 aliphatic carbocycles. The van der Waals surface area contributed by atoms with Crippen LogP contribution in [0.15, 0.2) is 0 Å². The van der Waals surface area contributed by atoms with E-state index < -0.39 is 5.60 Å². The molecule has 0 saturated heterocycles. The number of carbonyl (C=O) groups is 1. The van der Waals surface area contributed by atoms with Gasteiger partial charge in [0, 0.05) is 13.0 Å². The number of ether oxygens (including phenoxy) is 1. The van der Waals surface area contributed by atoms with Crippen LogP contribution >= 0.6 is 0 Å². The van der Waals surface area contributed by atoms with E-state index in [1.54, 1.807) is 0 Å². The fourth-order valence-corrected chi connectivity index (χ4v) is 1.06. The van der Waals surface area contributed by atoms with E-state index in [1.807, 2.05) is 20.8 Å². The molecule has 0 fully saturated rings. The monoisotopic (exact) mass is 186 g/mol. The topological polar surface area (TPSA) is 26.3 Å². The van der Waals surface area contributed by atoms with Gasteiger partial charge < -0.3 is 4.74 Å². The SMILES string of the molecule is CCC(=O)C(C)(C)OCCC(C)C. The third-order valence-corrected chi connectivity index (χ3v) is 2.15. The van der Waals surface area contributed by atoms with E-state index in [4.69, 9.17) is 4.74 Å². The zero-order chi connectivity index (χ0) is 10.5. The minimum atomic E-state index is -0.594. The first kappa shape index (κ1) is 12.6. The van der Waals surface area contributed by atoms with Gasteiger partial charge in [0.2, 0.25) is 0 Å². The van der Waals surface area contributed by atoms with Crippen molar-refractivity contribution in [3.8, 4) is 0 Å². The Morgan fingerprint density at radius 2 is 1.92 bits per heavy atom. The van der Waals surface area contributed by atoms with Crippen LogP contribution in [0.1, 0.15) is 47.5 Å². The van der Waals surface area contributed by atoms with Gasteiger partial charge in [-0.2, -0.15) is 0 Å². The second-order valence-corrected chi connectivity index (χ2v) is 4.32. The zero-order valence-corrected chi connectivity index (χ0v) is 9.52. The molecule has 13 heavy (non-hydrogen) atoms. The number of hydrogen-bond acceptors (Lipinski definition) is 2. The number of ketones is 1. The molecule has 0 N–H and O–H groups in total. The second-order valence-electron chi connectivity index (χ2n) is 4.32. The molecule has 2 nitrogen and oxygen atoms in total. The van der Waals surface area contributed by atoms with Crippen LogP contribution in [-0.2, 0) is 9.53 Å². The van der Waals surface area contributed by atoms with Gasteiger partial charge in [-0.05, 0) is 26.2 Å². The molecule has 2 heteroatoms. The molecule has 0 unspecified atom stereocenters. The molecule has 0 rings (SSSR count). The van der Waals surface area contributed by atoms with Crippen LogP contribution < -0.4 is 0 Å². The van der Waals surface area contributed by atoms with Gasteiger partial charge >= 0.3 is 0 Å². The van der Waals surface area contributed by atoms with E-state index in [-0.39, 0.29) is 5.78 Å². The highest BCUT2D eigenvalue weighted by molar-refractivity contribution is 5.86. The highest BCUT2D eigenvalue weighted by Gasteiger charge is 2.26. The Hall–Kier alpha value is -0.370. The van der Waals surface area contributed by atoms with Gasteiger partial charge in [0.25, 0.3) is 0 Å². The molecule has 0 atom stereocenters. The van der Waals surface area contributed by atoms with Gasteiger partial charge in [0.15, 0.2) is 5.78 Å². The second kappa shape index (κ2) is 5.38. The Kier molecular flexibility index (Phi) is 5.23. The van der Waals surface area contributed by atoms with Crippen molar-refractivity contribution in [3.63, 3.8) is 0 Å². The quantitative estimate of drug-likeness (QED) is 0.637. The predicted octanol–water partition coefficient (Wildman–Crippen LogP) is 2.81. The summed E-state index contributed by atoms with van der Waals surface area (Å²) >= 11 is 0. The van der Waals surface area contributed by atoms with Crippen LogP contribution in [0.4, 0.5) is 0 Å². The number of hydrogen-bond donors (Lipinski definition) is 0. The molecule has 0 spiro atoms. The molecule has 0 aliphatic rings. The molecular formula is C11H22O2. The Balaban J connectivity index is 3.82. The predicted molar refractivity (Wildman–Crippen MR) is 54.8 cm³/mol. The fraction of sp³-hybridized carbons (Fsp3) is 0.909. The number of carbonyl (C=O) groups excluding carboxylic acids is 1. The lowest BCUT2D eigenvalue weighted by molar-refractivity contribution is -0.140. The molecular weight excluding hydrogens is 164 g/mol. The molecule has 0 amide bonds. The summed E-state index contributed by atoms with van der Waals surface area (Å²) in [5, 5.41) is 0. The maximum Gasteiger partial charge on any atom is 0.163 e. The Labute approximate surface area is 81.7 Å². The lowest BCUT2D eigenvalue weighted by atomic mass is 10.0. The number of Topliss-reactive ketones (excluding diaryl/α,β-unsaturated/α-hetero) is 1. The van der Waals surface area contributed by atoms with Crippen molar-refractivity contribution >= 4 is 5.78 Å². The minimum absolute atomic E-state index is 0.177. The standard InChI is InChI=1S/C11H22O2/c1-6-10(12)11(4,5)13-8-7-9(2)3/h9H,6-8H2,1-5H3. The molecule has 0 heterocycles. The van der Waals surface area contributed by atoms with Crippen LogP contribution in [0.3, 0.4) is 0 Å². The van der Waals surface area contributed by atoms with E-state index in [9.17, 15) is 4.79 Å². The van der Waals surface area contributed by atoms with E-state index in [0.717, 1.165) is 6.42 Å². The Morgan fingerprint density at radius 3 is 2.31 bits per heavy atom. The summed E-state index contributed by atoms with van der Waals surface area (Å²) in [6.07, 6.45) is 1.56. The van der Waals surface area contributed by atoms with Crippen LogP contribution in [0.5, 0.6) is 0 Å². The molecule has 0 aromatic heterocycles. The number of rotatable bonds is 6. The average Bonchev–Trinajstić information content (AvgIpc) is 2.01. The van der Waals surface area contributed by atoms with Crippen molar-refractivity contribution in [2.45, 2.75) is 53.1 Å². The summed E-state index contributed by atoms with van der Waals surface area (Å²) in [7, 11) is 0. The van der Waals surface area contributed by atoms with E-state index >= 15 is 0 Å². The molecule has 0 aliphatic heterocycles. The molecule has 0 aromatic rings. The maximum absolute atomic E-state index is 11.4. The lowest BCUT2D eigenvalue weighted by Gasteiger charge is -2.23. The van der Waals surface area contributed by atoms with E-state index in [0.29, 0.717) is 18.9 Å². The van der Waals surface area contributed by atoms with Crippen molar-refractivity contribution in [1.29, 1.82) is 0 Å². The first-order valence-corrected chi connectivity index (χ1v) is 5.07. The summed E-state index contributed by atoms with van der Waals surface area (Å²) in [6, 6.07) is 0. The van der Waals surface area contributed by atoms with Crippen LogP contribution in [0, 0.1) is 5.92 Å². The van der Waals surface area contributed by atoms with Gasteiger partial charge in [0.05, 0.1) is 0 Å². The highest BCUT2D eigenvalue weighted by Crippen LogP contribution is 2.14.